The first-order chi connectivity index (χ1) is 12.1. The second-order valence-electron chi connectivity index (χ2n) is 5.41. The number of aryl methyl sites for hydroxylation is 2. The van der Waals surface area contributed by atoms with E-state index >= 15 is 0 Å². The molecule has 0 aliphatic rings. The zero-order chi connectivity index (χ0) is 18.1. The van der Waals surface area contributed by atoms with Crippen molar-refractivity contribution >= 4 is 52.9 Å². The lowest BCUT2D eigenvalue weighted by atomic mass is 10.4. The Morgan fingerprint density at radius 1 is 1.31 bits per heavy atom. The number of aromatic nitrogens is 2. The maximum Gasteiger partial charge on any atom is 0.246 e. The first kappa shape index (κ1) is 22.3. The molecule has 0 aliphatic carbocycles. The van der Waals surface area contributed by atoms with Gasteiger partial charge in [-0.05, 0) is 32.9 Å². The molecule has 0 spiro atoms. The number of nitrogens with one attached hydrogen (secondary N) is 3. The second-order valence-corrected chi connectivity index (χ2v) is 6.70. The summed E-state index contributed by atoms with van der Waals surface area (Å²) in [5.41, 5.74) is 1.75. The standard InChI is InChI=1S/C17H24N6OS.HI/c1-4-19-17(20-9-7-16-22-12(2)13(3)25-16)21-11-15(24)23-14-6-5-8-18-10-14;/h5-6,8,10H,4,7,9,11H2,1-3H3,(H,23,24)(H2,19,20,21);1H. The van der Waals surface area contributed by atoms with E-state index < -0.39 is 0 Å². The van der Waals surface area contributed by atoms with Gasteiger partial charge in [0.05, 0.1) is 22.6 Å². The van der Waals surface area contributed by atoms with Crippen molar-refractivity contribution in [1.82, 2.24) is 20.6 Å². The molecule has 0 aliphatic heterocycles. The fraction of sp³-hybridized carbons (Fsp3) is 0.412. The van der Waals surface area contributed by atoms with Crippen molar-refractivity contribution in [3.63, 3.8) is 0 Å². The molecule has 2 rings (SSSR count). The molecule has 0 aromatic carbocycles. The van der Waals surface area contributed by atoms with Gasteiger partial charge in [0.2, 0.25) is 5.91 Å². The highest BCUT2D eigenvalue weighted by atomic mass is 127. The van der Waals surface area contributed by atoms with Crippen molar-refractivity contribution in [3.05, 3.63) is 40.1 Å². The largest absolute Gasteiger partial charge is 0.357 e. The molecule has 0 atom stereocenters. The lowest BCUT2D eigenvalue weighted by Crippen LogP contribution is -2.39. The van der Waals surface area contributed by atoms with Crippen molar-refractivity contribution in [3.8, 4) is 0 Å². The Morgan fingerprint density at radius 2 is 2.12 bits per heavy atom. The van der Waals surface area contributed by atoms with Crippen LogP contribution in [0.5, 0.6) is 0 Å². The summed E-state index contributed by atoms with van der Waals surface area (Å²) in [4.78, 5) is 26.0. The van der Waals surface area contributed by atoms with Crippen LogP contribution in [0.25, 0.3) is 0 Å². The fourth-order valence-corrected chi connectivity index (χ4v) is 3.00. The van der Waals surface area contributed by atoms with Crippen LogP contribution in [0.4, 0.5) is 5.69 Å². The fourth-order valence-electron chi connectivity index (χ4n) is 2.06. The number of halogens is 1. The van der Waals surface area contributed by atoms with Gasteiger partial charge in [0.1, 0.15) is 6.54 Å². The van der Waals surface area contributed by atoms with E-state index in [2.05, 4.69) is 37.8 Å². The Morgan fingerprint density at radius 3 is 2.73 bits per heavy atom. The highest BCUT2D eigenvalue weighted by Crippen LogP contribution is 2.16. The number of thiazole rings is 1. The van der Waals surface area contributed by atoms with Crippen molar-refractivity contribution < 1.29 is 4.79 Å². The Labute approximate surface area is 175 Å². The number of hydrogen-bond donors (Lipinski definition) is 3. The van der Waals surface area contributed by atoms with Crippen molar-refractivity contribution in [2.24, 2.45) is 4.99 Å². The minimum atomic E-state index is -0.184. The van der Waals surface area contributed by atoms with Gasteiger partial charge in [0.15, 0.2) is 5.96 Å². The molecule has 0 bridgehead atoms. The first-order valence-electron chi connectivity index (χ1n) is 8.23. The predicted molar refractivity (Wildman–Crippen MR) is 118 cm³/mol. The van der Waals surface area contributed by atoms with Crippen LogP contribution in [0.15, 0.2) is 29.5 Å². The summed E-state index contributed by atoms with van der Waals surface area (Å²) in [5.74, 6) is 0.435. The third-order valence-electron chi connectivity index (χ3n) is 3.37. The Kier molecular flexibility index (Phi) is 10.1. The van der Waals surface area contributed by atoms with Gasteiger partial charge in [-0.2, -0.15) is 0 Å². The summed E-state index contributed by atoms with van der Waals surface area (Å²) in [5, 5.41) is 10.2. The monoisotopic (exact) mass is 488 g/mol. The summed E-state index contributed by atoms with van der Waals surface area (Å²) in [6.45, 7) is 7.57. The van der Waals surface area contributed by atoms with E-state index in [0.717, 1.165) is 23.7 Å². The van der Waals surface area contributed by atoms with Gasteiger partial charge in [-0.3, -0.25) is 9.78 Å². The maximum atomic E-state index is 11.9. The smallest absolute Gasteiger partial charge is 0.246 e. The van der Waals surface area contributed by atoms with Gasteiger partial charge in [-0.1, -0.05) is 0 Å². The Hall–Kier alpha value is -1.75. The van der Waals surface area contributed by atoms with Crippen LogP contribution in [-0.4, -0.2) is 41.5 Å². The zero-order valence-electron chi connectivity index (χ0n) is 15.2. The van der Waals surface area contributed by atoms with Crippen LogP contribution >= 0.6 is 35.3 Å². The van der Waals surface area contributed by atoms with E-state index in [0.29, 0.717) is 18.2 Å². The van der Waals surface area contributed by atoms with E-state index in [1.165, 1.54) is 4.88 Å². The molecule has 2 aromatic heterocycles. The average Bonchev–Trinajstić information content (AvgIpc) is 2.91. The van der Waals surface area contributed by atoms with Gasteiger partial charge < -0.3 is 16.0 Å². The van der Waals surface area contributed by atoms with E-state index in [1.807, 2.05) is 13.8 Å². The van der Waals surface area contributed by atoms with Gasteiger partial charge in [-0.15, -0.1) is 35.3 Å². The SMILES string of the molecule is CCNC(=NCC(=O)Nc1cccnc1)NCCc1nc(C)c(C)s1.I. The second kappa shape index (κ2) is 11.8. The van der Waals surface area contributed by atoms with Crippen LogP contribution in [0.2, 0.25) is 0 Å². The van der Waals surface area contributed by atoms with E-state index in [9.17, 15) is 4.79 Å². The maximum absolute atomic E-state index is 11.9. The van der Waals surface area contributed by atoms with Crippen LogP contribution in [0, 0.1) is 13.8 Å². The lowest BCUT2D eigenvalue weighted by Gasteiger charge is -2.10. The van der Waals surface area contributed by atoms with E-state index in [-0.39, 0.29) is 36.4 Å². The molecular weight excluding hydrogens is 463 g/mol. The molecule has 2 aromatic rings. The van der Waals surface area contributed by atoms with Crippen molar-refractivity contribution in [1.29, 1.82) is 0 Å². The number of pyridine rings is 1. The number of carbonyl (C=O) groups excluding carboxylic acids is 1. The molecule has 0 saturated heterocycles. The molecule has 142 valence electrons. The third-order valence-corrected chi connectivity index (χ3v) is 4.51. The molecule has 0 saturated carbocycles. The molecule has 1 amide bonds. The number of guanidine groups is 1. The summed E-state index contributed by atoms with van der Waals surface area (Å²) in [6, 6.07) is 3.56. The Balaban J connectivity index is 0.00000338. The molecule has 3 N–H and O–H groups in total. The van der Waals surface area contributed by atoms with E-state index in [4.69, 9.17) is 0 Å². The highest BCUT2D eigenvalue weighted by Gasteiger charge is 2.05. The highest BCUT2D eigenvalue weighted by molar-refractivity contribution is 14.0. The predicted octanol–water partition coefficient (Wildman–Crippen LogP) is 2.51. The summed E-state index contributed by atoms with van der Waals surface area (Å²) in [7, 11) is 0. The average molecular weight is 488 g/mol. The van der Waals surface area contributed by atoms with Gasteiger partial charge in [0.25, 0.3) is 0 Å². The van der Waals surface area contributed by atoms with Crippen molar-refractivity contribution in [2.45, 2.75) is 27.2 Å². The number of nitrogens with zero attached hydrogens (tertiary/aromatic N) is 3. The number of amides is 1. The summed E-state index contributed by atoms with van der Waals surface area (Å²) >= 11 is 1.72. The molecular formula is C17H25IN6OS. The van der Waals surface area contributed by atoms with Crippen LogP contribution in [-0.2, 0) is 11.2 Å². The molecule has 2 heterocycles. The quantitative estimate of drug-likeness (QED) is 0.317. The summed E-state index contributed by atoms with van der Waals surface area (Å²) in [6.07, 6.45) is 4.08. The number of rotatable bonds is 7. The zero-order valence-corrected chi connectivity index (χ0v) is 18.4. The lowest BCUT2D eigenvalue weighted by molar-refractivity contribution is -0.114. The molecule has 26 heavy (non-hydrogen) atoms. The minimum Gasteiger partial charge on any atom is -0.357 e. The number of carbonyl (C=O) groups is 1. The third kappa shape index (κ3) is 7.65. The molecule has 7 nitrogen and oxygen atoms in total. The van der Waals surface area contributed by atoms with Crippen LogP contribution < -0.4 is 16.0 Å². The summed E-state index contributed by atoms with van der Waals surface area (Å²) < 4.78 is 0. The normalized spacial score (nSPS) is 10.8. The topological polar surface area (TPSA) is 91.3 Å². The number of aliphatic imine (C=N–C) groups is 1. The first-order valence-corrected chi connectivity index (χ1v) is 9.05. The number of anilines is 1. The molecule has 9 heteroatoms. The van der Waals surface area contributed by atoms with Gasteiger partial charge in [-0.25, -0.2) is 9.98 Å². The van der Waals surface area contributed by atoms with Crippen LogP contribution in [0.3, 0.4) is 0 Å². The minimum absolute atomic E-state index is 0. The molecule has 0 fully saturated rings. The van der Waals surface area contributed by atoms with Crippen LogP contribution in [0.1, 0.15) is 22.5 Å². The molecule has 0 radical (unpaired) electrons. The van der Waals surface area contributed by atoms with Crippen molar-refractivity contribution in [2.75, 3.05) is 25.0 Å². The Bertz CT molecular complexity index is 700. The van der Waals surface area contributed by atoms with E-state index in [1.54, 1.807) is 35.9 Å². The van der Waals surface area contributed by atoms with Gasteiger partial charge in [0, 0.05) is 30.6 Å². The molecule has 0 unspecified atom stereocenters. The number of hydrogen-bond acceptors (Lipinski definition) is 5. The van der Waals surface area contributed by atoms with Gasteiger partial charge >= 0.3 is 0 Å².